The van der Waals surface area contributed by atoms with Crippen LogP contribution in [0.5, 0.6) is 0 Å². The fourth-order valence-electron chi connectivity index (χ4n) is 1.78. The monoisotopic (exact) mass is 268 g/mol. The summed E-state index contributed by atoms with van der Waals surface area (Å²) in [5.41, 5.74) is 5.30. The highest BCUT2D eigenvalue weighted by Gasteiger charge is 2.18. The Morgan fingerprint density at radius 2 is 2.16 bits per heavy atom. The van der Waals surface area contributed by atoms with E-state index in [0.717, 1.165) is 25.8 Å². The number of nitrogen functional groups attached to an aromatic ring is 1. The molecule has 0 aliphatic carbocycles. The predicted molar refractivity (Wildman–Crippen MR) is 74.0 cm³/mol. The number of aromatic nitrogens is 2. The molecule has 8 heteroatoms. The summed E-state index contributed by atoms with van der Waals surface area (Å²) in [6, 6.07) is 0.0212. The zero-order valence-corrected chi connectivity index (χ0v) is 11.5. The molecule has 1 unspecified atom stereocenters. The van der Waals surface area contributed by atoms with Gasteiger partial charge in [0, 0.05) is 12.6 Å². The van der Waals surface area contributed by atoms with Crippen molar-refractivity contribution in [1.82, 2.24) is 14.9 Å². The van der Waals surface area contributed by atoms with E-state index in [4.69, 9.17) is 5.73 Å². The summed E-state index contributed by atoms with van der Waals surface area (Å²) in [5.74, 6) is 0.181. The molecule has 0 aromatic carbocycles. The first-order chi connectivity index (χ1) is 8.97. The van der Waals surface area contributed by atoms with E-state index in [1.807, 2.05) is 6.92 Å². The van der Waals surface area contributed by atoms with Crippen LogP contribution in [0, 0.1) is 10.1 Å². The first-order valence-corrected chi connectivity index (χ1v) is 6.23. The molecular formula is C11H20N6O2. The Balaban J connectivity index is 2.80. The van der Waals surface area contributed by atoms with Crippen LogP contribution in [0.2, 0.25) is 0 Å². The molecule has 106 valence electrons. The topological polar surface area (TPSA) is 110 Å². The van der Waals surface area contributed by atoms with Gasteiger partial charge in [-0.2, -0.15) is 4.98 Å². The van der Waals surface area contributed by atoms with Gasteiger partial charge in [0.1, 0.15) is 6.20 Å². The summed E-state index contributed by atoms with van der Waals surface area (Å²) in [6.07, 6.45) is 1.12. The minimum Gasteiger partial charge on any atom is -0.368 e. The Morgan fingerprint density at radius 3 is 2.68 bits per heavy atom. The molecule has 1 rings (SSSR count). The van der Waals surface area contributed by atoms with Crippen LogP contribution in [0.4, 0.5) is 17.5 Å². The second kappa shape index (κ2) is 6.83. The van der Waals surface area contributed by atoms with Gasteiger partial charge in [0.05, 0.1) is 4.92 Å². The summed E-state index contributed by atoms with van der Waals surface area (Å²) >= 11 is 0. The van der Waals surface area contributed by atoms with E-state index in [1.54, 1.807) is 0 Å². The van der Waals surface area contributed by atoms with Gasteiger partial charge in [-0.15, -0.1) is 0 Å². The van der Waals surface area contributed by atoms with Crippen molar-refractivity contribution in [1.29, 1.82) is 0 Å². The molecule has 0 aliphatic heterocycles. The Bertz CT molecular complexity index is 435. The molecule has 0 saturated carbocycles. The third-order valence-electron chi connectivity index (χ3n) is 2.79. The van der Waals surface area contributed by atoms with Gasteiger partial charge in [-0.3, -0.25) is 10.1 Å². The summed E-state index contributed by atoms with van der Waals surface area (Å²) in [4.78, 5) is 20.1. The van der Waals surface area contributed by atoms with E-state index in [2.05, 4.69) is 34.0 Å². The highest BCUT2D eigenvalue weighted by Crippen LogP contribution is 2.21. The van der Waals surface area contributed by atoms with Crippen molar-refractivity contribution < 1.29 is 4.92 Å². The van der Waals surface area contributed by atoms with Crippen molar-refractivity contribution in [3.05, 3.63) is 16.3 Å². The molecular weight excluding hydrogens is 248 g/mol. The fraction of sp³-hybridized carbons (Fsp3) is 0.636. The molecule has 8 nitrogen and oxygen atoms in total. The van der Waals surface area contributed by atoms with E-state index >= 15 is 0 Å². The van der Waals surface area contributed by atoms with Crippen LogP contribution < -0.4 is 11.1 Å². The molecule has 1 atom stereocenters. The zero-order chi connectivity index (χ0) is 14.4. The van der Waals surface area contributed by atoms with Crippen LogP contribution in [0.1, 0.15) is 20.8 Å². The van der Waals surface area contributed by atoms with Crippen LogP contribution in [0.3, 0.4) is 0 Å². The number of nitrogens with zero attached hydrogens (tertiary/aromatic N) is 4. The third kappa shape index (κ3) is 4.32. The normalized spacial score (nSPS) is 12.4. The average Bonchev–Trinajstić information content (AvgIpc) is 2.35. The van der Waals surface area contributed by atoms with Crippen molar-refractivity contribution in [2.45, 2.75) is 26.8 Å². The number of nitrogens with two attached hydrogens (primary N) is 1. The van der Waals surface area contributed by atoms with Gasteiger partial charge < -0.3 is 16.0 Å². The maximum absolute atomic E-state index is 10.9. The molecule has 1 aromatic heterocycles. The first-order valence-electron chi connectivity index (χ1n) is 6.23. The van der Waals surface area contributed by atoms with Gasteiger partial charge in [-0.05, 0) is 20.0 Å². The van der Waals surface area contributed by atoms with E-state index in [-0.39, 0.29) is 23.5 Å². The smallest absolute Gasteiger partial charge is 0.329 e. The van der Waals surface area contributed by atoms with Gasteiger partial charge in [0.2, 0.25) is 11.8 Å². The van der Waals surface area contributed by atoms with Crippen molar-refractivity contribution >= 4 is 17.5 Å². The summed E-state index contributed by atoms with van der Waals surface area (Å²) in [5, 5.41) is 13.9. The van der Waals surface area contributed by atoms with Gasteiger partial charge in [0.25, 0.3) is 0 Å². The highest BCUT2D eigenvalue weighted by molar-refractivity contribution is 5.56. The number of nitro groups is 1. The standard InChI is InChI=1S/C11H20N6O2/c1-4-16(5-2)7-8(3)14-10-9(17(18)19)6-13-11(12)15-10/h6,8H,4-5,7H2,1-3H3,(H3,12,13,14,15). The second-order valence-corrected chi connectivity index (χ2v) is 4.25. The van der Waals surface area contributed by atoms with Gasteiger partial charge in [0.15, 0.2) is 0 Å². The maximum atomic E-state index is 10.9. The number of hydrogen-bond donors (Lipinski definition) is 2. The van der Waals surface area contributed by atoms with Crippen LogP contribution >= 0.6 is 0 Å². The van der Waals surface area contributed by atoms with Gasteiger partial charge in [-0.25, -0.2) is 4.98 Å². The number of hydrogen-bond acceptors (Lipinski definition) is 7. The quantitative estimate of drug-likeness (QED) is 0.563. The van der Waals surface area contributed by atoms with Crippen LogP contribution in [-0.4, -0.2) is 45.5 Å². The molecule has 0 fully saturated rings. The fourth-order valence-corrected chi connectivity index (χ4v) is 1.78. The van der Waals surface area contributed by atoms with E-state index in [1.165, 1.54) is 0 Å². The highest BCUT2D eigenvalue weighted by atomic mass is 16.6. The predicted octanol–water partition coefficient (Wildman–Crippen LogP) is 1.11. The minimum absolute atomic E-state index is 0.0168. The van der Waals surface area contributed by atoms with Crippen molar-refractivity contribution in [2.24, 2.45) is 0 Å². The second-order valence-electron chi connectivity index (χ2n) is 4.25. The first kappa shape index (κ1) is 15.1. The van der Waals surface area contributed by atoms with E-state index in [9.17, 15) is 10.1 Å². The molecule has 0 bridgehead atoms. The van der Waals surface area contributed by atoms with Crippen LogP contribution in [0.25, 0.3) is 0 Å². The summed E-state index contributed by atoms with van der Waals surface area (Å²) in [6.45, 7) is 8.71. The summed E-state index contributed by atoms with van der Waals surface area (Å²) in [7, 11) is 0. The summed E-state index contributed by atoms with van der Waals surface area (Å²) < 4.78 is 0. The number of nitrogens with one attached hydrogen (secondary N) is 1. The Labute approximate surface area is 112 Å². The molecule has 0 amide bonds. The van der Waals surface area contributed by atoms with E-state index < -0.39 is 4.92 Å². The maximum Gasteiger partial charge on any atom is 0.329 e. The number of likely N-dealkylation sites (N-methyl/N-ethyl adjacent to an activating group) is 1. The molecule has 0 radical (unpaired) electrons. The lowest BCUT2D eigenvalue weighted by Gasteiger charge is -2.23. The van der Waals surface area contributed by atoms with Crippen molar-refractivity contribution in [3.8, 4) is 0 Å². The average molecular weight is 268 g/mol. The third-order valence-corrected chi connectivity index (χ3v) is 2.79. The lowest BCUT2D eigenvalue weighted by molar-refractivity contribution is -0.384. The minimum atomic E-state index is -0.522. The van der Waals surface area contributed by atoms with Crippen LogP contribution in [0.15, 0.2) is 6.20 Å². The lowest BCUT2D eigenvalue weighted by atomic mass is 10.3. The molecule has 1 aromatic rings. The molecule has 0 aliphatic rings. The Morgan fingerprint density at radius 1 is 1.53 bits per heavy atom. The van der Waals surface area contributed by atoms with Crippen LogP contribution in [-0.2, 0) is 0 Å². The van der Waals surface area contributed by atoms with Crippen molar-refractivity contribution in [2.75, 3.05) is 30.7 Å². The molecule has 3 N–H and O–H groups in total. The molecule has 19 heavy (non-hydrogen) atoms. The molecule has 1 heterocycles. The number of rotatable bonds is 7. The lowest BCUT2D eigenvalue weighted by Crippen LogP contribution is -2.35. The molecule has 0 saturated heterocycles. The van der Waals surface area contributed by atoms with E-state index in [0.29, 0.717) is 0 Å². The Hall–Kier alpha value is -1.96. The molecule has 0 spiro atoms. The largest absolute Gasteiger partial charge is 0.368 e. The van der Waals surface area contributed by atoms with Gasteiger partial charge in [-0.1, -0.05) is 13.8 Å². The Kier molecular flexibility index (Phi) is 5.43. The SMILES string of the molecule is CCN(CC)CC(C)Nc1nc(N)ncc1[N+](=O)[O-]. The number of anilines is 2. The zero-order valence-electron chi connectivity index (χ0n) is 11.5. The van der Waals surface area contributed by atoms with Gasteiger partial charge >= 0.3 is 5.69 Å². The van der Waals surface area contributed by atoms with Crippen molar-refractivity contribution in [3.63, 3.8) is 0 Å².